The summed E-state index contributed by atoms with van der Waals surface area (Å²) >= 11 is 1.59. The SMILES string of the molecule is CN(C)C(C)(C)CNc1nc2c(s1)CCC2C(=O)O. The smallest absolute Gasteiger partial charge is 0.312 e. The molecule has 0 aromatic carbocycles. The molecule has 2 rings (SSSR count). The van der Waals surface area contributed by atoms with Crippen molar-refractivity contribution in [3.05, 3.63) is 10.6 Å². The zero-order chi connectivity index (χ0) is 14.2. The number of likely N-dealkylation sites (N-methyl/N-ethyl adjacent to an activating group) is 1. The van der Waals surface area contributed by atoms with Gasteiger partial charge in [0.25, 0.3) is 0 Å². The van der Waals surface area contributed by atoms with Crippen molar-refractivity contribution < 1.29 is 9.90 Å². The van der Waals surface area contributed by atoms with Gasteiger partial charge in [0.15, 0.2) is 5.13 Å². The van der Waals surface area contributed by atoms with E-state index in [-0.39, 0.29) is 5.54 Å². The van der Waals surface area contributed by atoms with Crippen LogP contribution in [0.1, 0.15) is 36.8 Å². The van der Waals surface area contributed by atoms with Crippen LogP contribution >= 0.6 is 11.3 Å². The number of thiazole rings is 1. The second-order valence-corrected chi connectivity index (χ2v) is 6.90. The summed E-state index contributed by atoms with van der Waals surface area (Å²) < 4.78 is 0. The molecule has 106 valence electrons. The van der Waals surface area contributed by atoms with Crippen LogP contribution in [0.4, 0.5) is 5.13 Å². The Bertz CT molecular complexity index is 482. The summed E-state index contributed by atoms with van der Waals surface area (Å²) in [6, 6.07) is 0. The summed E-state index contributed by atoms with van der Waals surface area (Å²) in [7, 11) is 4.09. The molecule has 19 heavy (non-hydrogen) atoms. The fourth-order valence-electron chi connectivity index (χ4n) is 1.99. The van der Waals surface area contributed by atoms with E-state index in [1.54, 1.807) is 11.3 Å². The van der Waals surface area contributed by atoms with Crippen molar-refractivity contribution >= 4 is 22.4 Å². The van der Waals surface area contributed by atoms with Crippen molar-refractivity contribution in [2.24, 2.45) is 0 Å². The number of carbonyl (C=O) groups is 1. The van der Waals surface area contributed by atoms with Crippen molar-refractivity contribution in [2.45, 2.75) is 38.1 Å². The van der Waals surface area contributed by atoms with Crippen molar-refractivity contribution in [1.82, 2.24) is 9.88 Å². The van der Waals surface area contributed by atoms with E-state index in [2.05, 4.69) is 29.0 Å². The highest BCUT2D eigenvalue weighted by Gasteiger charge is 2.32. The zero-order valence-electron chi connectivity index (χ0n) is 11.9. The van der Waals surface area contributed by atoms with Gasteiger partial charge in [-0.15, -0.1) is 11.3 Å². The van der Waals surface area contributed by atoms with Gasteiger partial charge in [-0.25, -0.2) is 4.98 Å². The Morgan fingerprint density at radius 3 is 2.84 bits per heavy atom. The maximum Gasteiger partial charge on any atom is 0.312 e. The quantitative estimate of drug-likeness (QED) is 0.865. The van der Waals surface area contributed by atoms with Gasteiger partial charge in [0.1, 0.15) is 5.92 Å². The van der Waals surface area contributed by atoms with Gasteiger partial charge < -0.3 is 15.3 Å². The molecule has 1 heterocycles. The molecule has 0 amide bonds. The van der Waals surface area contributed by atoms with E-state index >= 15 is 0 Å². The van der Waals surface area contributed by atoms with Crippen LogP contribution in [0.15, 0.2) is 0 Å². The van der Waals surface area contributed by atoms with E-state index in [4.69, 9.17) is 5.11 Å². The first-order valence-electron chi connectivity index (χ1n) is 6.45. The van der Waals surface area contributed by atoms with Crippen LogP contribution in [0.2, 0.25) is 0 Å². The number of hydrogen-bond donors (Lipinski definition) is 2. The number of carboxylic acids is 1. The molecule has 1 aliphatic carbocycles. The van der Waals surface area contributed by atoms with Crippen molar-refractivity contribution in [1.29, 1.82) is 0 Å². The molecule has 1 aliphatic rings. The molecular formula is C13H21N3O2S. The maximum atomic E-state index is 11.1. The van der Waals surface area contributed by atoms with Crippen LogP contribution in [0.5, 0.6) is 0 Å². The first-order chi connectivity index (χ1) is 8.81. The van der Waals surface area contributed by atoms with Crippen LogP contribution in [0.3, 0.4) is 0 Å². The lowest BCUT2D eigenvalue weighted by atomic mass is 10.1. The van der Waals surface area contributed by atoms with Gasteiger partial charge in [-0.2, -0.15) is 0 Å². The number of aliphatic carboxylic acids is 1. The molecular weight excluding hydrogens is 262 g/mol. The topological polar surface area (TPSA) is 65.5 Å². The van der Waals surface area contributed by atoms with Gasteiger partial charge in [-0.3, -0.25) is 4.79 Å². The van der Waals surface area contributed by atoms with Gasteiger partial charge in [-0.05, 0) is 40.8 Å². The van der Waals surface area contributed by atoms with Crippen LogP contribution in [0, 0.1) is 0 Å². The Morgan fingerprint density at radius 2 is 2.26 bits per heavy atom. The van der Waals surface area contributed by atoms with Crippen molar-refractivity contribution in [2.75, 3.05) is 26.0 Å². The number of anilines is 1. The summed E-state index contributed by atoms with van der Waals surface area (Å²) in [6.07, 6.45) is 1.52. The third-order valence-corrected chi connectivity index (χ3v) is 4.99. The molecule has 0 aliphatic heterocycles. The van der Waals surface area contributed by atoms with Gasteiger partial charge in [0.05, 0.1) is 5.69 Å². The number of carboxylic acid groups (broad SMARTS) is 1. The zero-order valence-corrected chi connectivity index (χ0v) is 12.7. The molecule has 0 saturated carbocycles. The van der Waals surface area contributed by atoms with Gasteiger partial charge in [0, 0.05) is 17.0 Å². The molecule has 0 saturated heterocycles. The van der Waals surface area contributed by atoms with Crippen LogP contribution < -0.4 is 5.32 Å². The number of nitrogens with one attached hydrogen (secondary N) is 1. The monoisotopic (exact) mass is 283 g/mol. The molecule has 0 spiro atoms. The van der Waals surface area contributed by atoms with Crippen LogP contribution in [0.25, 0.3) is 0 Å². The fraction of sp³-hybridized carbons (Fsp3) is 0.692. The van der Waals surface area contributed by atoms with E-state index in [1.165, 1.54) is 0 Å². The highest BCUT2D eigenvalue weighted by atomic mass is 32.1. The van der Waals surface area contributed by atoms with Gasteiger partial charge >= 0.3 is 5.97 Å². The molecule has 2 N–H and O–H groups in total. The fourth-order valence-corrected chi connectivity index (χ4v) is 3.03. The minimum atomic E-state index is -0.760. The number of aromatic nitrogens is 1. The minimum absolute atomic E-state index is 0.0301. The predicted octanol–water partition coefficient (Wildman–Crippen LogP) is 2.01. The van der Waals surface area contributed by atoms with Crippen LogP contribution in [-0.4, -0.2) is 47.1 Å². The highest BCUT2D eigenvalue weighted by molar-refractivity contribution is 7.15. The number of fused-ring (bicyclic) bond motifs is 1. The lowest BCUT2D eigenvalue weighted by Crippen LogP contribution is -2.44. The molecule has 0 bridgehead atoms. The molecule has 6 heteroatoms. The van der Waals surface area contributed by atoms with E-state index < -0.39 is 11.9 Å². The van der Waals surface area contributed by atoms with Gasteiger partial charge in [0.2, 0.25) is 0 Å². The lowest BCUT2D eigenvalue weighted by molar-refractivity contribution is -0.138. The van der Waals surface area contributed by atoms with Crippen molar-refractivity contribution in [3.63, 3.8) is 0 Å². The molecule has 1 aromatic rings. The third kappa shape index (κ3) is 2.90. The molecule has 1 aromatic heterocycles. The van der Waals surface area contributed by atoms with Crippen molar-refractivity contribution in [3.8, 4) is 0 Å². The van der Waals surface area contributed by atoms with Crippen LogP contribution in [-0.2, 0) is 11.2 Å². The number of aryl methyl sites for hydroxylation is 1. The number of hydrogen-bond acceptors (Lipinski definition) is 5. The molecule has 0 fully saturated rings. The number of rotatable bonds is 5. The first-order valence-corrected chi connectivity index (χ1v) is 7.26. The van der Waals surface area contributed by atoms with E-state index in [0.29, 0.717) is 6.42 Å². The summed E-state index contributed by atoms with van der Waals surface area (Å²) in [6.45, 7) is 5.09. The highest BCUT2D eigenvalue weighted by Crippen LogP contribution is 2.38. The Morgan fingerprint density at radius 1 is 1.58 bits per heavy atom. The Hall–Kier alpha value is -1.14. The normalized spacial score (nSPS) is 18.7. The standard InChI is InChI=1S/C13H21N3O2S/c1-13(2,16(3)4)7-14-12-15-10-8(11(17)18)5-6-9(10)19-12/h8H,5-7H2,1-4H3,(H,14,15)(H,17,18). The van der Waals surface area contributed by atoms with E-state index in [9.17, 15) is 4.79 Å². The summed E-state index contributed by atoms with van der Waals surface area (Å²) in [5, 5.41) is 13.3. The van der Waals surface area contributed by atoms with E-state index in [0.717, 1.165) is 28.7 Å². The largest absolute Gasteiger partial charge is 0.481 e. The molecule has 1 unspecified atom stereocenters. The predicted molar refractivity (Wildman–Crippen MR) is 77.1 cm³/mol. The average molecular weight is 283 g/mol. The second kappa shape index (κ2) is 5.09. The van der Waals surface area contributed by atoms with Gasteiger partial charge in [-0.1, -0.05) is 0 Å². The lowest BCUT2D eigenvalue weighted by Gasteiger charge is -2.32. The Kier molecular flexibility index (Phi) is 3.82. The minimum Gasteiger partial charge on any atom is -0.481 e. The molecule has 5 nitrogen and oxygen atoms in total. The molecule has 0 radical (unpaired) electrons. The first kappa shape index (κ1) is 14.3. The van der Waals surface area contributed by atoms with E-state index in [1.807, 2.05) is 14.1 Å². The second-order valence-electron chi connectivity index (χ2n) is 5.82. The maximum absolute atomic E-state index is 11.1. The molecule has 1 atom stereocenters. The summed E-state index contributed by atoms with van der Waals surface area (Å²) in [5.74, 6) is -1.17. The average Bonchev–Trinajstić information content (AvgIpc) is 2.84. The Labute approximate surface area is 117 Å². The Balaban J connectivity index is 2.05. The number of nitrogens with zero attached hydrogens (tertiary/aromatic N) is 2. The summed E-state index contributed by atoms with van der Waals surface area (Å²) in [5.41, 5.74) is 0.796. The third-order valence-electron chi connectivity index (χ3n) is 3.90. The summed E-state index contributed by atoms with van der Waals surface area (Å²) in [4.78, 5) is 18.9.